The fraction of sp³-hybridized carbons (Fsp3) is 0.310. The Labute approximate surface area is 234 Å². The molecule has 3 unspecified atom stereocenters. The maximum absolute atomic E-state index is 15.9. The van der Waals surface area contributed by atoms with Gasteiger partial charge in [0.25, 0.3) is 11.5 Å². The molecule has 1 saturated heterocycles. The van der Waals surface area contributed by atoms with E-state index in [1.165, 1.54) is 41.0 Å². The van der Waals surface area contributed by atoms with E-state index < -0.39 is 29.1 Å². The zero-order valence-electron chi connectivity index (χ0n) is 21.7. The van der Waals surface area contributed by atoms with Gasteiger partial charge >= 0.3 is 0 Å². The highest BCUT2D eigenvalue weighted by Gasteiger charge is 2.40. The number of pyridine rings is 1. The summed E-state index contributed by atoms with van der Waals surface area (Å²) in [6.45, 7) is 3.23. The molecule has 3 atom stereocenters. The lowest BCUT2D eigenvalue weighted by Gasteiger charge is -2.39. The van der Waals surface area contributed by atoms with Gasteiger partial charge in [-0.15, -0.1) is 0 Å². The molecule has 0 spiro atoms. The Hall–Kier alpha value is -3.34. The average Bonchev–Trinajstić information content (AvgIpc) is 3.33. The number of likely N-dealkylation sites (N-methyl/N-ethyl adjacent to an activating group) is 1. The first-order valence-electron chi connectivity index (χ1n) is 12.8. The fourth-order valence-electron chi connectivity index (χ4n) is 5.40. The number of nitrogens with two attached hydrogens (primary N) is 1. The number of hydrogen-bond acceptors (Lipinski definition) is 5. The van der Waals surface area contributed by atoms with Crippen LogP contribution in [0.4, 0.5) is 8.78 Å². The van der Waals surface area contributed by atoms with Crippen molar-refractivity contribution in [1.29, 1.82) is 0 Å². The number of carbonyl (C=O) groups excluding carboxylic acids is 1. The molecule has 1 fully saturated rings. The van der Waals surface area contributed by atoms with E-state index >= 15 is 4.39 Å². The Morgan fingerprint density at radius 2 is 1.95 bits per heavy atom. The van der Waals surface area contributed by atoms with Gasteiger partial charge in [0.05, 0.1) is 11.7 Å². The van der Waals surface area contributed by atoms with Gasteiger partial charge in [0.15, 0.2) is 0 Å². The van der Waals surface area contributed by atoms with Gasteiger partial charge in [-0.25, -0.2) is 8.78 Å². The first-order valence-corrected chi connectivity index (χ1v) is 13.6. The van der Waals surface area contributed by atoms with Gasteiger partial charge < -0.3 is 10.2 Å². The third-order valence-electron chi connectivity index (χ3n) is 7.44. The molecule has 1 aromatic heterocycles. The molecule has 3 heterocycles. The number of nitrogens with one attached hydrogen (secondary N) is 1. The number of aromatic nitrogens is 1. The molecule has 0 radical (unpaired) electrons. The van der Waals surface area contributed by atoms with E-state index in [2.05, 4.69) is 39.3 Å². The van der Waals surface area contributed by atoms with Gasteiger partial charge in [-0.2, -0.15) is 0 Å². The number of amides is 1. The lowest BCUT2D eigenvalue weighted by atomic mass is 9.95. The number of halogens is 3. The topological polar surface area (TPSA) is 83.6 Å². The molecule has 2 aromatic rings. The summed E-state index contributed by atoms with van der Waals surface area (Å²) in [5, 5.41) is 2.63. The van der Waals surface area contributed by atoms with Gasteiger partial charge in [0, 0.05) is 34.7 Å². The molecule has 2 aliphatic heterocycles. The molecule has 10 heteroatoms. The molecular formula is C29H30BrF2N5O2. The zero-order valence-corrected chi connectivity index (χ0v) is 23.3. The van der Waals surface area contributed by atoms with Gasteiger partial charge in [0.2, 0.25) is 5.79 Å². The number of aryl methyl sites for hydroxylation is 1. The predicted molar refractivity (Wildman–Crippen MR) is 151 cm³/mol. The van der Waals surface area contributed by atoms with Crippen molar-refractivity contribution in [1.82, 2.24) is 19.7 Å². The van der Waals surface area contributed by atoms with Crippen molar-refractivity contribution >= 4 is 21.8 Å². The lowest BCUT2D eigenvalue weighted by molar-refractivity contribution is 0.0960. The molecule has 39 heavy (non-hydrogen) atoms. The van der Waals surface area contributed by atoms with Crippen molar-refractivity contribution in [2.45, 2.75) is 37.6 Å². The van der Waals surface area contributed by atoms with E-state index in [-0.39, 0.29) is 17.3 Å². The Balaban J connectivity index is 1.38. The van der Waals surface area contributed by atoms with Crippen LogP contribution in [0.5, 0.6) is 0 Å². The van der Waals surface area contributed by atoms with Gasteiger partial charge in [-0.05, 0) is 103 Å². The molecule has 1 aliphatic carbocycles. The van der Waals surface area contributed by atoms with Crippen molar-refractivity contribution in [3.05, 3.63) is 110 Å². The second kappa shape index (κ2) is 10.7. The zero-order chi connectivity index (χ0) is 27.9. The van der Waals surface area contributed by atoms with Gasteiger partial charge in [-0.1, -0.05) is 12.2 Å². The summed E-state index contributed by atoms with van der Waals surface area (Å²) in [7, 11) is 2.09. The molecule has 1 amide bonds. The van der Waals surface area contributed by atoms with Crippen LogP contribution in [0, 0.1) is 12.7 Å². The van der Waals surface area contributed by atoms with Crippen LogP contribution in [0.2, 0.25) is 0 Å². The van der Waals surface area contributed by atoms with Crippen LogP contribution in [0.25, 0.3) is 5.69 Å². The Kier molecular flexibility index (Phi) is 7.45. The molecule has 1 aromatic carbocycles. The first-order chi connectivity index (χ1) is 18.5. The van der Waals surface area contributed by atoms with E-state index in [1.807, 2.05) is 17.2 Å². The molecule has 3 aliphatic rings. The van der Waals surface area contributed by atoms with E-state index in [0.717, 1.165) is 25.0 Å². The number of benzene rings is 1. The number of alkyl halides is 1. The fourth-order valence-corrected chi connectivity index (χ4v) is 5.87. The van der Waals surface area contributed by atoms with Gasteiger partial charge in [0.1, 0.15) is 11.4 Å². The lowest BCUT2D eigenvalue weighted by Crippen LogP contribution is -2.54. The number of nitrogens with zero attached hydrogens (tertiary/aromatic N) is 3. The summed E-state index contributed by atoms with van der Waals surface area (Å²) in [6.07, 6.45) is 11.0. The number of allylic oxidation sites excluding steroid dienone is 1. The molecule has 7 nitrogen and oxygen atoms in total. The van der Waals surface area contributed by atoms with E-state index in [9.17, 15) is 14.0 Å². The Morgan fingerprint density at radius 1 is 1.21 bits per heavy atom. The summed E-state index contributed by atoms with van der Waals surface area (Å²) in [5.41, 5.74) is 7.65. The highest BCUT2D eigenvalue weighted by molar-refractivity contribution is 9.12. The summed E-state index contributed by atoms with van der Waals surface area (Å²) in [4.78, 5) is 30.6. The summed E-state index contributed by atoms with van der Waals surface area (Å²) < 4.78 is 31.1. The van der Waals surface area contributed by atoms with E-state index in [1.54, 1.807) is 19.1 Å². The number of carbonyl (C=O) groups is 1. The average molecular weight is 598 g/mol. The van der Waals surface area contributed by atoms with Crippen molar-refractivity contribution in [3.8, 4) is 5.69 Å². The van der Waals surface area contributed by atoms with Crippen LogP contribution < -0.4 is 16.6 Å². The van der Waals surface area contributed by atoms with Crippen LogP contribution >= 0.6 is 15.9 Å². The Morgan fingerprint density at radius 3 is 2.64 bits per heavy atom. The normalized spacial score (nSPS) is 25.3. The summed E-state index contributed by atoms with van der Waals surface area (Å²) in [5.74, 6) is -3.45. The molecular weight excluding hydrogens is 568 g/mol. The SMILES string of the molecule is Cc1ccc(C(=O)NC2=CC(N)(F)C(N3C=C(C4CCCN4C)C=CC3)C=C2Br)c(=O)n1-c1ccc(F)cc1. The quantitative estimate of drug-likeness (QED) is 0.508. The standard InChI is InChI=1S/C29H30BrF2N5O2/c1-18-7-12-22(28(39)37(18)21-10-8-20(31)9-11-21)27(38)34-24-16-29(32,33)26(15-23(24)30)36-14-3-5-19(17-36)25-6-4-13-35(25)2/h3,5,7-12,15-17,25-26H,4,6,13-14,33H2,1-2H3,(H,34,38). The third kappa shape index (κ3) is 5.41. The minimum atomic E-state index is -2.30. The smallest absolute Gasteiger partial charge is 0.268 e. The molecule has 5 rings (SSSR count). The molecule has 0 bridgehead atoms. The Bertz CT molecular complexity index is 1480. The second-order valence-electron chi connectivity index (χ2n) is 10.2. The monoisotopic (exact) mass is 597 g/mol. The van der Waals surface area contributed by atoms with Crippen LogP contribution in [0.3, 0.4) is 0 Å². The van der Waals surface area contributed by atoms with Crippen LogP contribution in [-0.2, 0) is 0 Å². The highest BCUT2D eigenvalue weighted by Crippen LogP contribution is 2.34. The third-order valence-corrected chi connectivity index (χ3v) is 8.13. The summed E-state index contributed by atoms with van der Waals surface area (Å²) >= 11 is 3.46. The number of likely N-dealkylation sites (tertiary alicyclic amines) is 1. The molecule has 204 valence electrons. The van der Waals surface area contributed by atoms with Crippen LogP contribution in [0.15, 0.2) is 87.4 Å². The largest absolute Gasteiger partial charge is 0.362 e. The van der Waals surface area contributed by atoms with Crippen LogP contribution in [0.1, 0.15) is 28.9 Å². The predicted octanol–water partition coefficient (Wildman–Crippen LogP) is 4.03. The maximum atomic E-state index is 15.9. The minimum absolute atomic E-state index is 0.127. The van der Waals surface area contributed by atoms with Crippen molar-refractivity contribution in [2.24, 2.45) is 5.73 Å². The number of hydrogen-bond donors (Lipinski definition) is 2. The van der Waals surface area contributed by atoms with Crippen LogP contribution in [-0.4, -0.2) is 58.3 Å². The van der Waals surface area contributed by atoms with Crippen molar-refractivity contribution in [2.75, 3.05) is 20.1 Å². The van der Waals surface area contributed by atoms with Crippen molar-refractivity contribution in [3.63, 3.8) is 0 Å². The molecule has 0 saturated carbocycles. The second-order valence-corrected chi connectivity index (χ2v) is 11.0. The maximum Gasteiger partial charge on any atom is 0.268 e. The van der Waals surface area contributed by atoms with Crippen molar-refractivity contribution < 1.29 is 13.6 Å². The highest BCUT2D eigenvalue weighted by atomic mass is 79.9. The summed E-state index contributed by atoms with van der Waals surface area (Å²) in [6, 6.07) is 7.90. The first kappa shape index (κ1) is 27.2. The number of rotatable bonds is 5. The van der Waals surface area contributed by atoms with E-state index in [0.29, 0.717) is 22.4 Å². The van der Waals surface area contributed by atoms with Gasteiger partial charge in [-0.3, -0.25) is 24.8 Å². The molecule has 3 N–H and O–H groups in total. The van der Waals surface area contributed by atoms with E-state index in [4.69, 9.17) is 5.73 Å². The minimum Gasteiger partial charge on any atom is -0.362 e.